The van der Waals surface area contributed by atoms with E-state index in [9.17, 15) is 0 Å². The molecule has 0 N–H and O–H groups in total. The number of benzene rings is 7. The Balaban J connectivity index is 1.25. The first kappa shape index (κ1) is 25.7. The highest BCUT2D eigenvalue weighted by Gasteiger charge is 2.18. The van der Waals surface area contributed by atoms with Crippen LogP contribution < -0.4 is 0 Å². The van der Waals surface area contributed by atoms with Gasteiger partial charge in [-0.1, -0.05) is 145 Å². The van der Waals surface area contributed by atoms with Gasteiger partial charge in [0.15, 0.2) is 5.82 Å². The molecule has 0 spiro atoms. The van der Waals surface area contributed by atoms with Crippen molar-refractivity contribution in [2.45, 2.75) is 0 Å². The summed E-state index contributed by atoms with van der Waals surface area (Å²) in [5.41, 5.74) is 9.84. The highest BCUT2D eigenvalue weighted by atomic mass is 15.0. The summed E-state index contributed by atoms with van der Waals surface area (Å²) in [5.74, 6) is 0.447. The Morgan fingerprint density at radius 1 is 0.415 bits per heavy atom. The van der Waals surface area contributed by atoms with Gasteiger partial charge in [0.1, 0.15) is 5.65 Å². The molecule has 0 amide bonds. The predicted octanol–water partition coefficient (Wildman–Crippen LogP) is 12.4. The Morgan fingerprint density at radius 3 is 1.87 bits per heavy atom. The Kier molecular flexibility index (Phi) is 6.24. The van der Waals surface area contributed by atoms with Crippen LogP contribution in [0.1, 0.15) is 6.85 Å². The van der Waals surface area contributed by atoms with E-state index in [0.717, 1.165) is 72.2 Å². The van der Waals surface area contributed by atoms with Crippen LogP contribution >= 0.6 is 0 Å². The van der Waals surface area contributed by atoms with Gasteiger partial charge >= 0.3 is 0 Å². The van der Waals surface area contributed by atoms with Gasteiger partial charge in [0.05, 0.1) is 29.5 Å². The number of hydrogen-bond donors (Lipinski definition) is 0. The summed E-state index contributed by atoms with van der Waals surface area (Å²) in [6.07, 6.45) is 2.01. The average Bonchev–Trinajstić information content (AvgIpc) is 3.68. The van der Waals surface area contributed by atoms with Crippen LogP contribution in [0.5, 0.6) is 0 Å². The lowest BCUT2D eigenvalue weighted by Gasteiger charge is -2.14. The number of pyridine rings is 1. The number of hydrogen-bond acceptors (Lipinski definition) is 3. The fourth-order valence-electron chi connectivity index (χ4n) is 7.19. The minimum Gasteiger partial charge on any atom is -0.299 e. The van der Waals surface area contributed by atoms with Crippen molar-refractivity contribution in [3.8, 4) is 67.4 Å². The molecule has 0 radical (unpaired) electrons. The number of rotatable bonds is 6. The van der Waals surface area contributed by atoms with E-state index in [1.807, 2.05) is 115 Å². The molecule has 0 aliphatic rings. The number of nitrogens with zero attached hydrogens (tertiary/aromatic N) is 4. The minimum absolute atomic E-state index is 0.105. The molecule has 7 aromatic carbocycles. The lowest BCUT2D eigenvalue weighted by Crippen LogP contribution is -1.97. The zero-order valence-electron chi connectivity index (χ0n) is 33.4. The Morgan fingerprint density at radius 2 is 1.06 bits per heavy atom. The number of imidazole rings is 1. The summed E-state index contributed by atoms with van der Waals surface area (Å²) < 4.78 is 45.4. The smallest absolute Gasteiger partial charge is 0.160 e. The average molecular weight is 682 g/mol. The normalized spacial score (nSPS) is 12.7. The third-order valence-corrected chi connectivity index (χ3v) is 9.66. The summed E-state index contributed by atoms with van der Waals surface area (Å²) in [5, 5.41) is 2.94. The Hall–Kier alpha value is -7.17. The molecular formula is C49H32N4. The van der Waals surface area contributed by atoms with Crippen LogP contribution in [0.25, 0.3) is 94.7 Å². The highest BCUT2D eigenvalue weighted by Crippen LogP contribution is 2.39. The van der Waals surface area contributed by atoms with Gasteiger partial charge in [-0.05, 0) is 70.1 Å². The molecule has 0 bridgehead atoms. The molecule has 53 heavy (non-hydrogen) atoms. The van der Waals surface area contributed by atoms with Gasteiger partial charge in [-0.2, -0.15) is 0 Å². The summed E-state index contributed by atoms with van der Waals surface area (Å²) in [6, 6.07) is 50.5. The first-order valence-electron chi connectivity index (χ1n) is 19.9. The summed E-state index contributed by atoms with van der Waals surface area (Å²) in [6.45, 7) is 0. The van der Waals surface area contributed by atoms with Crippen molar-refractivity contribution in [3.05, 3.63) is 194 Å². The zero-order valence-corrected chi connectivity index (χ0v) is 28.4. The highest BCUT2D eigenvalue weighted by molar-refractivity contribution is 6.09. The maximum Gasteiger partial charge on any atom is 0.160 e. The van der Waals surface area contributed by atoms with Crippen LogP contribution in [0, 0.1) is 0 Å². The predicted molar refractivity (Wildman–Crippen MR) is 218 cm³/mol. The Labute approximate surface area is 314 Å². The van der Waals surface area contributed by atoms with Gasteiger partial charge in [-0.3, -0.25) is 4.40 Å². The Bertz CT molecular complexity index is 3210. The molecule has 0 fully saturated rings. The van der Waals surface area contributed by atoms with Gasteiger partial charge in [0.25, 0.3) is 0 Å². The molecular weight excluding hydrogens is 645 g/mol. The van der Waals surface area contributed by atoms with E-state index >= 15 is 0 Å². The quantitative estimate of drug-likeness (QED) is 0.164. The number of aromatic nitrogens is 4. The molecule has 0 unspecified atom stereocenters. The van der Waals surface area contributed by atoms with Crippen LogP contribution in [0.2, 0.25) is 0 Å². The van der Waals surface area contributed by atoms with Crippen LogP contribution in [0.3, 0.4) is 0 Å². The molecule has 0 aliphatic carbocycles. The van der Waals surface area contributed by atoms with Crippen LogP contribution in [-0.2, 0) is 0 Å². The first-order valence-corrected chi connectivity index (χ1v) is 17.4. The molecule has 0 aliphatic heterocycles. The summed E-state index contributed by atoms with van der Waals surface area (Å²) in [4.78, 5) is 15.5. The second kappa shape index (κ2) is 12.9. The SMILES string of the molecule is [2H]c1c([2H])c([2H])c(-c2cc(-c3cccc(-c4c(-c5ccccc5)nc5ccccn45)c3)cc(-c3nc(-c4ccccc4)c4ccc5ccccc5c4n3)c2)c([2H])c1[2H]. The van der Waals surface area contributed by atoms with Crippen molar-refractivity contribution in [1.82, 2.24) is 19.4 Å². The fraction of sp³-hybridized carbons (Fsp3) is 0. The van der Waals surface area contributed by atoms with Gasteiger partial charge in [0, 0.05) is 39.2 Å². The van der Waals surface area contributed by atoms with E-state index in [0.29, 0.717) is 17.0 Å². The standard InChI is InChI=1S/C49H32N4/c1-4-15-33(16-5-1)39-30-40(37-22-14-23-38(29-37)48-46(36-20-8-3-9-21-36)50-44-25-12-13-28-53(44)48)32-41(31-39)49-51-45(35-18-6-2-7-19-35)43-27-26-34-17-10-11-24-42(34)47(43)52-49/h1-32H/i1D,4D,5D,15D,16D. The molecule has 248 valence electrons. The van der Waals surface area contributed by atoms with Crippen molar-refractivity contribution in [2.24, 2.45) is 0 Å². The van der Waals surface area contributed by atoms with Crippen molar-refractivity contribution < 1.29 is 6.85 Å². The van der Waals surface area contributed by atoms with Crippen LogP contribution in [-0.4, -0.2) is 19.4 Å². The van der Waals surface area contributed by atoms with E-state index in [1.165, 1.54) is 0 Å². The van der Waals surface area contributed by atoms with E-state index in [2.05, 4.69) is 52.9 Å². The third kappa shape index (κ3) is 5.54. The van der Waals surface area contributed by atoms with Crippen LogP contribution in [0.15, 0.2) is 194 Å². The van der Waals surface area contributed by atoms with E-state index in [1.54, 1.807) is 0 Å². The monoisotopic (exact) mass is 681 g/mol. The minimum atomic E-state index is -0.442. The largest absolute Gasteiger partial charge is 0.299 e. The van der Waals surface area contributed by atoms with Crippen molar-refractivity contribution in [3.63, 3.8) is 0 Å². The lowest BCUT2D eigenvalue weighted by molar-refractivity contribution is 1.19. The molecule has 4 nitrogen and oxygen atoms in total. The van der Waals surface area contributed by atoms with Crippen molar-refractivity contribution in [1.29, 1.82) is 0 Å². The van der Waals surface area contributed by atoms with E-state index in [4.69, 9.17) is 21.8 Å². The van der Waals surface area contributed by atoms with Gasteiger partial charge in [-0.25, -0.2) is 15.0 Å². The van der Waals surface area contributed by atoms with E-state index in [-0.39, 0.29) is 17.6 Å². The third-order valence-electron chi connectivity index (χ3n) is 9.66. The maximum absolute atomic E-state index is 8.96. The molecule has 0 saturated heterocycles. The van der Waals surface area contributed by atoms with Gasteiger partial charge in [0.2, 0.25) is 0 Å². The molecule has 0 saturated carbocycles. The van der Waals surface area contributed by atoms with Crippen LogP contribution in [0.4, 0.5) is 0 Å². The number of fused-ring (bicyclic) bond motifs is 4. The molecule has 0 atom stereocenters. The van der Waals surface area contributed by atoms with E-state index < -0.39 is 18.1 Å². The molecule has 3 heterocycles. The van der Waals surface area contributed by atoms with Gasteiger partial charge < -0.3 is 0 Å². The molecule has 4 heteroatoms. The molecule has 10 aromatic rings. The topological polar surface area (TPSA) is 43.1 Å². The molecule has 3 aromatic heterocycles. The lowest BCUT2D eigenvalue weighted by atomic mass is 9.94. The second-order valence-corrected chi connectivity index (χ2v) is 12.9. The first-order chi connectivity index (χ1) is 28.3. The summed E-state index contributed by atoms with van der Waals surface area (Å²) >= 11 is 0. The van der Waals surface area contributed by atoms with Crippen molar-refractivity contribution in [2.75, 3.05) is 0 Å². The second-order valence-electron chi connectivity index (χ2n) is 12.9. The van der Waals surface area contributed by atoms with Crippen molar-refractivity contribution >= 4 is 27.3 Å². The molecule has 10 rings (SSSR count). The maximum atomic E-state index is 8.96. The fourth-order valence-corrected chi connectivity index (χ4v) is 7.19. The summed E-state index contributed by atoms with van der Waals surface area (Å²) in [7, 11) is 0. The zero-order chi connectivity index (χ0) is 39.5. The van der Waals surface area contributed by atoms with Gasteiger partial charge in [-0.15, -0.1) is 0 Å².